The highest BCUT2D eigenvalue weighted by atomic mass is 35.5. The fourth-order valence-corrected chi connectivity index (χ4v) is 4.01. The third-order valence-electron chi connectivity index (χ3n) is 5.01. The SMILES string of the molecule is O=c1nc(OCc2ccc(C(F)(F)F)c(Cl)c2)cc2n1CC1CCCCN21. The third-order valence-corrected chi connectivity index (χ3v) is 5.32. The van der Waals surface area contributed by atoms with Gasteiger partial charge in [-0.2, -0.15) is 18.2 Å². The lowest BCUT2D eigenvalue weighted by atomic mass is 10.0. The molecule has 0 amide bonds. The van der Waals surface area contributed by atoms with E-state index in [1.54, 1.807) is 10.6 Å². The fraction of sp³-hybridized carbons (Fsp3) is 0.444. The fourth-order valence-electron chi connectivity index (χ4n) is 3.70. The van der Waals surface area contributed by atoms with Crippen LogP contribution < -0.4 is 15.3 Å². The molecule has 1 aromatic heterocycles. The van der Waals surface area contributed by atoms with Crippen molar-refractivity contribution in [1.82, 2.24) is 9.55 Å². The molecular weight excluding hydrogens is 383 g/mol. The van der Waals surface area contributed by atoms with Crippen LogP contribution in [0.2, 0.25) is 5.02 Å². The second-order valence-corrected chi connectivity index (χ2v) is 7.20. The summed E-state index contributed by atoms with van der Waals surface area (Å²) < 4.78 is 45.5. The number of piperidine rings is 1. The van der Waals surface area contributed by atoms with Crippen molar-refractivity contribution in [2.24, 2.45) is 0 Å². The quantitative estimate of drug-likeness (QED) is 0.786. The van der Waals surface area contributed by atoms with Crippen molar-refractivity contribution in [1.29, 1.82) is 0 Å². The summed E-state index contributed by atoms with van der Waals surface area (Å²) in [6.07, 6.45) is -1.23. The van der Waals surface area contributed by atoms with E-state index < -0.39 is 11.7 Å². The predicted molar refractivity (Wildman–Crippen MR) is 94.3 cm³/mol. The number of hydrogen-bond acceptors (Lipinski definition) is 4. The highest BCUT2D eigenvalue weighted by Gasteiger charge is 2.34. The summed E-state index contributed by atoms with van der Waals surface area (Å²) in [5.74, 6) is 0.952. The standard InChI is InChI=1S/C18H17ClF3N3O2/c19-14-7-11(4-5-13(14)18(20,21)22)10-27-15-8-16-24-6-2-1-3-12(24)9-25(16)17(26)23-15/h4-5,7-8,12H,1-3,6,9-10H2. The van der Waals surface area contributed by atoms with Gasteiger partial charge in [0.25, 0.3) is 0 Å². The van der Waals surface area contributed by atoms with Crippen molar-refractivity contribution in [3.8, 4) is 5.88 Å². The van der Waals surface area contributed by atoms with Gasteiger partial charge in [-0.05, 0) is 37.0 Å². The predicted octanol–water partition coefficient (Wildman–Crippen LogP) is 3.87. The van der Waals surface area contributed by atoms with E-state index in [0.717, 1.165) is 37.7 Å². The third kappa shape index (κ3) is 3.50. The molecule has 2 aromatic rings. The maximum absolute atomic E-state index is 12.8. The summed E-state index contributed by atoms with van der Waals surface area (Å²) in [5, 5.41) is -0.387. The van der Waals surface area contributed by atoms with Gasteiger partial charge in [-0.25, -0.2) is 4.79 Å². The van der Waals surface area contributed by atoms with E-state index >= 15 is 0 Å². The molecule has 1 fully saturated rings. The number of halogens is 4. The van der Waals surface area contributed by atoms with Crippen molar-refractivity contribution >= 4 is 17.4 Å². The molecule has 0 bridgehead atoms. The Kier molecular flexibility index (Phi) is 4.53. The van der Waals surface area contributed by atoms with Crippen LogP contribution in [-0.2, 0) is 19.3 Å². The summed E-state index contributed by atoms with van der Waals surface area (Å²) in [5.41, 5.74) is -0.799. The van der Waals surface area contributed by atoms with Crippen LogP contribution >= 0.6 is 11.6 Å². The number of anilines is 1. The average molecular weight is 400 g/mol. The smallest absolute Gasteiger partial charge is 0.417 e. The van der Waals surface area contributed by atoms with Gasteiger partial charge in [-0.15, -0.1) is 0 Å². The van der Waals surface area contributed by atoms with E-state index in [-0.39, 0.29) is 23.2 Å². The first-order valence-electron chi connectivity index (χ1n) is 8.70. The van der Waals surface area contributed by atoms with Gasteiger partial charge in [0.1, 0.15) is 12.4 Å². The molecule has 27 heavy (non-hydrogen) atoms. The van der Waals surface area contributed by atoms with Crippen molar-refractivity contribution in [3.63, 3.8) is 0 Å². The summed E-state index contributed by atoms with van der Waals surface area (Å²) in [4.78, 5) is 18.4. The van der Waals surface area contributed by atoms with Crippen LogP contribution in [0, 0.1) is 0 Å². The Morgan fingerprint density at radius 3 is 2.81 bits per heavy atom. The zero-order chi connectivity index (χ0) is 19.2. The maximum atomic E-state index is 12.8. The minimum atomic E-state index is -4.50. The Hall–Kier alpha value is -2.22. The molecular formula is C18H17ClF3N3O2. The number of rotatable bonds is 3. The van der Waals surface area contributed by atoms with Crippen LogP contribution in [0.15, 0.2) is 29.1 Å². The lowest BCUT2D eigenvalue weighted by Gasteiger charge is -2.30. The molecule has 0 saturated carbocycles. The van der Waals surface area contributed by atoms with Gasteiger partial charge >= 0.3 is 11.9 Å². The van der Waals surface area contributed by atoms with E-state index in [4.69, 9.17) is 16.3 Å². The number of ether oxygens (including phenoxy) is 1. The molecule has 4 rings (SSSR count). The Balaban J connectivity index is 1.52. The largest absolute Gasteiger partial charge is 0.473 e. The van der Waals surface area contributed by atoms with E-state index in [1.807, 2.05) is 0 Å². The van der Waals surface area contributed by atoms with Crippen LogP contribution in [0.5, 0.6) is 5.88 Å². The molecule has 1 atom stereocenters. The highest BCUT2D eigenvalue weighted by molar-refractivity contribution is 6.31. The molecule has 144 valence electrons. The lowest BCUT2D eigenvalue weighted by Crippen LogP contribution is -2.36. The topological polar surface area (TPSA) is 47.4 Å². The normalized spacial score (nSPS) is 19.0. The molecule has 1 saturated heterocycles. The molecule has 1 aromatic carbocycles. The molecule has 2 aliphatic rings. The molecule has 9 heteroatoms. The van der Waals surface area contributed by atoms with Gasteiger partial charge in [-0.1, -0.05) is 17.7 Å². The van der Waals surface area contributed by atoms with Gasteiger partial charge in [0.2, 0.25) is 5.88 Å². The highest BCUT2D eigenvalue weighted by Crippen LogP contribution is 2.35. The Labute approximate surface area is 158 Å². The molecule has 0 spiro atoms. The molecule has 0 aliphatic carbocycles. The molecule has 3 heterocycles. The Bertz CT molecular complexity index is 929. The molecule has 1 unspecified atom stereocenters. The molecule has 0 N–H and O–H groups in total. The zero-order valence-corrected chi connectivity index (χ0v) is 15.1. The van der Waals surface area contributed by atoms with Crippen LogP contribution in [0.3, 0.4) is 0 Å². The first-order chi connectivity index (χ1) is 12.8. The van der Waals surface area contributed by atoms with Crippen LogP contribution in [0.4, 0.5) is 19.0 Å². The van der Waals surface area contributed by atoms with Crippen molar-refractivity contribution in [2.75, 3.05) is 11.4 Å². The number of aromatic nitrogens is 2. The van der Waals surface area contributed by atoms with Crippen molar-refractivity contribution < 1.29 is 17.9 Å². The van der Waals surface area contributed by atoms with E-state index in [0.29, 0.717) is 18.2 Å². The van der Waals surface area contributed by atoms with E-state index in [9.17, 15) is 18.0 Å². The Morgan fingerprint density at radius 2 is 2.07 bits per heavy atom. The minimum Gasteiger partial charge on any atom is -0.473 e. The van der Waals surface area contributed by atoms with Crippen molar-refractivity contribution in [2.45, 2.75) is 44.6 Å². The maximum Gasteiger partial charge on any atom is 0.417 e. The number of benzene rings is 1. The number of hydrogen-bond donors (Lipinski definition) is 0. The van der Waals surface area contributed by atoms with Gasteiger partial charge in [-0.3, -0.25) is 4.57 Å². The van der Waals surface area contributed by atoms with Crippen LogP contribution in [0.1, 0.15) is 30.4 Å². The van der Waals surface area contributed by atoms with Crippen molar-refractivity contribution in [3.05, 3.63) is 50.9 Å². The van der Waals surface area contributed by atoms with Gasteiger partial charge < -0.3 is 9.64 Å². The first kappa shape index (κ1) is 18.2. The van der Waals surface area contributed by atoms with Gasteiger partial charge in [0.15, 0.2) is 0 Å². The minimum absolute atomic E-state index is 0.0306. The molecule has 5 nitrogen and oxygen atoms in total. The number of nitrogens with zero attached hydrogens (tertiary/aromatic N) is 3. The van der Waals surface area contributed by atoms with E-state index in [2.05, 4.69) is 9.88 Å². The second-order valence-electron chi connectivity index (χ2n) is 6.79. The summed E-state index contributed by atoms with van der Waals surface area (Å²) in [6.45, 7) is 1.50. The van der Waals surface area contributed by atoms with Crippen LogP contribution in [-0.4, -0.2) is 22.1 Å². The zero-order valence-electron chi connectivity index (χ0n) is 14.3. The second kappa shape index (κ2) is 6.74. The summed E-state index contributed by atoms with van der Waals surface area (Å²) in [7, 11) is 0. The average Bonchev–Trinajstić information content (AvgIpc) is 2.98. The van der Waals surface area contributed by atoms with E-state index in [1.165, 1.54) is 12.1 Å². The van der Waals surface area contributed by atoms with Gasteiger partial charge in [0.05, 0.1) is 10.6 Å². The molecule has 2 aliphatic heterocycles. The monoisotopic (exact) mass is 399 g/mol. The summed E-state index contributed by atoms with van der Waals surface area (Å²) in [6, 6.07) is 5.47. The Morgan fingerprint density at radius 1 is 1.26 bits per heavy atom. The van der Waals surface area contributed by atoms with Gasteiger partial charge in [0, 0.05) is 25.2 Å². The first-order valence-corrected chi connectivity index (χ1v) is 9.07. The lowest BCUT2D eigenvalue weighted by molar-refractivity contribution is -0.137. The number of fused-ring (bicyclic) bond motifs is 3. The summed E-state index contributed by atoms with van der Waals surface area (Å²) >= 11 is 5.72. The molecule has 0 radical (unpaired) electrons. The van der Waals surface area contributed by atoms with Crippen LogP contribution in [0.25, 0.3) is 0 Å². The number of alkyl halides is 3.